The standard InChI is InChI=1S/C21H21N3O3S/c1-15-9-11-19(27-15)13-23(3)20(26)12-10-17-14-28-21(22-17)24(16(2)25)18-7-5-4-6-8-18/h4-12,14H,13H2,1-3H3/b12-10+. The highest BCUT2D eigenvalue weighted by Gasteiger charge is 2.17. The van der Waals surface area contributed by atoms with E-state index in [1.807, 2.05) is 54.8 Å². The predicted octanol–water partition coefficient (Wildman–Crippen LogP) is 4.40. The summed E-state index contributed by atoms with van der Waals surface area (Å²) in [6.07, 6.45) is 3.12. The van der Waals surface area contributed by atoms with Crippen molar-refractivity contribution in [3.05, 3.63) is 71.1 Å². The molecular formula is C21H21N3O3S. The minimum absolute atomic E-state index is 0.124. The second kappa shape index (κ2) is 8.67. The Hall–Kier alpha value is -3.19. The molecule has 0 aliphatic carbocycles. The first kappa shape index (κ1) is 19.6. The first-order valence-corrected chi connectivity index (χ1v) is 9.62. The van der Waals surface area contributed by atoms with Crippen molar-refractivity contribution in [1.29, 1.82) is 0 Å². The van der Waals surface area contributed by atoms with E-state index in [0.717, 1.165) is 17.2 Å². The highest BCUT2D eigenvalue weighted by molar-refractivity contribution is 7.14. The molecule has 144 valence electrons. The molecule has 0 aliphatic heterocycles. The summed E-state index contributed by atoms with van der Waals surface area (Å²) in [6, 6.07) is 13.1. The van der Waals surface area contributed by atoms with Crippen LogP contribution in [0.2, 0.25) is 0 Å². The number of nitrogens with zero attached hydrogens (tertiary/aromatic N) is 3. The average Bonchev–Trinajstić information content (AvgIpc) is 3.29. The zero-order valence-electron chi connectivity index (χ0n) is 16.0. The van der Waals surface area contributed by atoms with E-state index in [1.165, 1.54) is 24.3 Å². The molecule has 0 unspecified atom stereocenters. The van der Waals surface area contributed by atoms with Gasteiger partial charge in [0.1, 0.15) is 11.5 Å². The van der Waals surface area contributed by atoms with Gasteiger partial charge in [-0.25, -0.2) is 4.98 Å². The average molecular weight is 395 g/mol. The van der Waals surface area contributed by atoms with Gasteiger partial charge in [-0.2, -0.15) is 0 Å². The van der Waals surface area contributed by atoms with Gasteiger partial charge in [0.25, 0.3) is 0 Å². The Balaban J connectivity index is 1.69. The fraction of sp³-hybridized carbons (Fsp3) is 0.190. The highest BCUT2D eigenvalue weighted by atomic mass is 32.1. The lowest BCUT2D eigenvalue weighted by atomic mass is 10.3. The van der Waals surface area contributed by atoms with Crippen LogP contribution in [0.1, 0.15) is 24.1 Å². The van der Waals surface area contributed by atoms with Crippen molar-refractivity contribution in [3.63, 3.8) is 0 Å². The summed E-state index contributed by atoms with van der Waals surface area (Å²) >= 11 is 1.35. The van der Waals surface area contributed by atoms with Crippen molar-refractivity contribution in [2.45, 2.75) is 20.4 Å². The molecule has 2 amide bonds. The summed E-state index contributed by atoms with van der Waals surface area (Å²) in [5, 5.41) is 2.37. The van der Waals surface area contributed by atoms with Crippen LogP contribution in [0.3, 0.4) is 0 Å². The molecule has 0 spiro atoms. The number of likely N-dealkylation sites (N-methyl/N-ethyl adjacent to an activating group) is 1. The van der Waals surface area contributed by atoms with E-state index in [-0.39, 0.29) is 11.8 Å². The number of anilines is 2. The first-order valence-electron chi connectivity index (χ1n) is 8.74. The monoisotopic (exact) mass is 395 g/mol. The van der Waals surface area contributed by atoms with Gasteiger partial charge in [0.2, 0.25) is 11.8 Å². The number of carbonyl (C=O) groups excluding carboxylic acids is 2. The SMILES string of the molecule is CC(=O)N(c1ccccc1)c1nc(/C=C/C(=O)N(C)Cc2ccc(C)o2)cs1. The predicted molar refractivity (Wildman–Crippen MR) is 110 cm³/mol. The maximum atomic E-state index is 12.3. The number of hydrogen-bond donors (Lipinski definition) is 0. The highest BCUT2D eigenvalue weighted by Crippen LogP contribution is 2.29. The third-order valence-corrected chi connectivity index (χ3v) is 4.84. The topological polar surface area (TPSA) is 66.7 Å². The number of aromatic nitrogens is 1. The number of rotatable bonds is 6. The van der Waals surface area contributed by atoms with Crippen LogP contribution >= 0.6 is 11.3 Å². The van der Waals surface area contributed by atoms with Crippen LogP contribution in [0.5, 0.6) is 0 Å². The Morgan fingerprint density at radius 2 is 1.93 bits per heavy atom. The number of benzene rings is 1. The van der Waals surface area contributed by atoms with Crippen molar-refractivity contribution in [1.82, 2.24) is 9.88 Å². The molecule has 6 nitrogen and oxygen atoms in total. The molecule has 2 heterocycles. The molecule has 0 saturated carbocycles. The third kappa shape index (κ3) is 4.75. The lowest BCUT2D eigenvalue weighted by Crippen LogP contribution is -2.23. The van der Waals surface area contributed by atoms with Gasteiger partial charge >= 0.3 is 0 Å². The number of thiazole rings is 1. The molecule has 0 atom stereocenters. The molecule has 0 fully saturated rings. The van der Waals surface area contributed by atoms with Crippen LogP contribution in [-0.2, 0) is 16.1 Å². The molecule has 0 bridgehead atoms. The minimum atomic E-state index is -0.157. The summed E-state index contributed by atoms with van der Waals surface area (Å²) in [4.78, 5) is 32.0. The fourth-order valence-electron chi connectivity index (χ4n) is 2.63. The van der Waals surface area contributed by atoms with Crippen molar-refractivity contribution in [3.8, 4) is 0 Å². The van der Waals surface area contributed by atoms with Crippen LogP contribution in [-0.4, -0.2) is 28.7 Å². The van der Waals surface area contributed by atoms with E-state index in [1.54, 1.807) is 22.9 Å². The van der Waals surface area contributed by atoms with E-state index in [2.05, 4.69) is 4.98 Å². The number of carbonyl (C=O) groups is 2. The van der Waals surface area contributed by atoms with E-state index in [0.29, 0.717) is 17.4 Å². The van der Waals surface area contributed by atoms with Crippen LogP contribution in [0.4, 0.5) is 10.8 Å². The molecule has 28 heavy (non-hydrogen) atoms. The van der Waals surface area contributed by atoms with Crippen LogP contribution < -0.4 is 4.90 Å². The molecule has 3 aromatic rings. The maximum Gasteiger partial charge on any atom is 0.246 e. The van der Waals surface area contributed by atoms with E-state index >= 15 is 0 Å². The molecule has 2 aromatic heterocycles. The smallest absolute Gasteiger partial charge is 0.246 e. The van der Waals surface area contributed by atoms with Crippen molar-refractivity contribution in [2.24, 2.45) is 0 Å². The number of hydrogen-bond acceptors (Lipinski definition) is 5. The van der Waals surface area contributed by atoms with E-state index in [4.69, 9.17) is 4.42 Å². The zero-order valence-corrected chi connectivity index (χ0v) is 16.8. The van der Waals surface area contributed by atoms with Gasteiger partial charge in [-0.1, -0.05) is 18.2 Å². The van der Waals surface area contributed by atoms with Crippen molar-refractivity contribution in [2.75, 3.05) is 11.9 Å². The summed E-state index contributed by atoms with van der Waals surface area (Å²) in [6.45, 7) is 3.76. The molecule has 3 rings (SSSR count). The van der Waals surface area contributed by atoms with Gasteiger partial charge in [0.15, 0.2) is 5.13 Å². The lowest BCUT2D eigenvalue weighted by molar-refractivity contribution is -0.125. The Morgan fingerprint density at radius 1 is 1.18 bits per heavy atom. The summed E-state index contributed by atoms with van der Waals surface area (Å²) < 4.78 is 5.50. The summed E-state index contributed by atoms with van der Waals surface area (Å²) in [5.74, 6) is 1.27. The zero-order chi connectivity index (χ0) is 20.1. The Morgan fingerprint density at radius 3 is 2.57 bits per heavy atom. The van der Waals surface area contributed by atoms with E-state index < -0.39 is 0 Å². The summed E-state index contributed by atoms with van der Waals surface area (Å²) in [5.41, 5.74) is 1.38. The van der Waals surface area contributed by atoms with Gasteiger partial charge in [-0.15, -0.1) is 11.3 Å². The fourth-order valence-corrected chi connectivity index (χ4v) is 3.48. The quantitative estimate of drug-likeness (QED) is 0.580. The van der Waals surface area contributed by atoms with E-state index in [9.17, 15) is 9.59 Å². The third-order valence-electron chi connectivity index (χ3n) is 3.99. The lowest BCUT2D eigenvalue weighted by Gasteiger charge is -2.17. The first-order chi connectivity index (χ1) is 13.4. The van der Waals surface area contributed by atoms with Gasteiger partial charge in [-0.3, -0.25) is 14.5 Å². The molecule has 0 saturated heterocycles. The van der Waals surface area contributed by atoms with Crippen LogP contribution in [0.15, 0.2) is 58.3 Å². The summed E-state index contributed by atoms with van der Waals surface area (Å²) in [7, 11) is 1.71. The van der Waals surface area contributed by atoms with Crippen molar-refractivity contribution >= 4 is 40.0 Å². The van der Waals surface area contributed by atoms with Crippen LogP contribution in [0, 0.1) is 6.92 Å². The van der Waals surface area contributed by atoms with Crippen molar-refractivity contribution < 1.29 is 14.0 Å². The van der Waals surface area contributed by atoms with Gasteiger partial charge in [-0.05, 0) is 37.3 Å². The van der Waals surface area contributed by atoms with Gasteiger partial charge < -0.3 is 9.32 Å². The Bertz CT molecular complexity index is 991. The molecule has 0 radical (unpaired) electrons. The molecule has 0 aliphatic rings. The normalized spacial score (nSPS) is 11.0. The second-order valence-electron chi connectivity index (χ2n) is 6.28. The van der Waals surface area contributed by atoms with Gasteiger partial charge in [0.05, 0.1) is 17.9 Å². The maximum absolute atomic E-state index is 12.3. The van der Waals surface area contributed by atoms with Crippen LogP contribution in [0.25, 0.3) is 6.08 Å². The number of furan rings is 1. The Kier molecular flexibility index (Phi) is 6.06. The molecule has 7 heteroatoms. The Labute approximate surface area is 167 Å². The minimum Gasteiger partial charge on any atom is -0.464 e. The molecule has 1 aromatic carbocycles. The molecule has 0 N–H and O–H groups in total. The van der Waals surface area contributed by atoms with Gasteiger partial charge in [0, 0.05) is 25.4 Å². The second-order valence-corrected chi connectivity index (χ2v) is 7.12. The number of aryl methyl sites for hydroxylation is 1. The molecular weight excluding hydrogens is 374 g/mol. The number of para-hydroxylation sites is 1. The number of amides is 2. The largest absolute Gasteiger partial charge is 0.464 e.